The normalized spacial score (nSPS) is 15.6. The maximum Gasteiger partial charge on any atom is 0.149 e. The van der Waals surface area contributed by atoms with Gasteiger partial charge < -0.3 is 21.7 Å². The van der Waals surface area contributed by atoms with Gasteiger partial charge in [0, 0.05) is 56.4 Å². The van der Waals surface area contributed by atoms with Crippen LogP contribution in [0.25, 0.3) is 5.57 Å². The van der Waals surface area contributed by atoms with E-state index in [0.717, 1.165) is 42.3 Å². The number of nitriles is 1. The quantitative estimate of drug-likeness (QED) is 0.387. The highest BCUT2D eigenvalue weighted by atomic mass is 15.1. The predicted octanol–water partition coefficient (Wildman–Crippen LogP) is 4.24. The SMILES string of the molecule is CN=C/C(=C\N)c1cnc2c(c1)NCC(CNCC(C)c1ccc(C#N)cc1)N2.c1ccccc1. The van der Waals surface area contributed by atoms with Crippen molar-refractivity contribution in [2.75, 3.05) is 37.3 Å². The second-order valence-electron chi connectivity index (χ2n) is 8.30. The molecule has 180 valence electrons. The number of hydrogen-bond donors (Lipinski definition) is 4. The largest absolute Gasteiger partial charge is 0.404 e. The van der Waals surface area contributed by atoms with Crippen LogP contribution in [0.1, 0.15) is 29.5 Å². The number of allylic oxidation sites excluding steroid dienone is 1. The van der Waals surface area contributed by atoms with Crippen molar-refractivity contribution >= 4 is 23.3 Å². The van der Waals surface area contributed by atoms with Gasteiger partial charge in [-0.2, -0.15) is 5.26 Å². The third-order valence-electron chi connectivity index (χ3n) is 5.67. The van der Waals surface area contributed by atoms with E-state index >= 15 is 0 Å². The fraction of sp³-hybridized carbons (Fsp3) is 0.250. The molecule has 1 aliphatic heterocycles. The Morgan fingerprint density at radius 1 is 1.23 bits per heavy atom. The zero-order valence-electron chi connectivity index (χ0n) is 20.3. The molecule has 0 spiro atoms. The molecule has 0 aliphatic carbocycles. The third-order valence-corrected chi connectivity index (χ3v) is 5.67. The van der Waals surface area contributed by atoms with Gasteiger partial charge in [0.25, 0.3) is 0 Å². The average Bonchev–Trinajstić information content (AvgIpc) is 2.92. The smallest absolute Gasteiger partial charge is 0.149 e. The molecule has 4 rings (SSSR count). The molecule has 1 aliphatic rings. The molecule has 5 N–H and O–H groups in total. The van der Waals surface area contributed by atoms with Crippen LogP contribution in [-0.2, 0) is 0 Å². The number of rotatable bonds is 7. The number of anilines is 2. The fourth-order valence-corrected chi connectivity index (χ4v) is 3.69. The summed E-state index contributed by atoms with van der Waals surface area (Å²) in [6, 6.07) is 24.2. The summed E-state index contributed by atoms with van der Waals surface area (Å²) in [6.45, 7) is 4.68. The van der Waals surface area contributed by atoms with E-state index in [1.807, 2.05) is 66.7 Å². The summed E-state index contributed by atoms with van der Waals surface area (Å²) in [4.78, 5) is 8.57. The lowest BCUT2D eigenvalue weighted by atomic mass is 10.00. The Morgan fingerprint density at radius 3 is 2.51 bits per heavy atom. The topological polar surface area (TPSA) is 111 Å². The molecule has 0 amide bonds. The van der Waals surface area contributed by atoms with Crippen molar-refractivity contribution in [3.8, 4) is 6.07 Å². The maximum absolute atomic E-state index is 8.91. The molecule has 2 unspecified atom stereocenters. The number of aromatic nitrogens is 1. The van der Waals surface area contributed by atoms with Gasteiger partial charge in [-0.05, 0) is 29.7 Å². The highest BCUT2D eigenvalue weighted by Crippen LogP contribution is 2.26. The number of nitrogens with one attached hydrogen (secondary N) is 3. The Balaban J connectivity index is 0.000000497. The summed E-state index contributed by atoms with van der Waals surface area (Å²) >= 11 is 0. The number of benzene rings is 2. The summed E-state index contributed by atoms with van der Waals surface area (Å²) in [6.07, 6.45) is 5.06. The molecule has 0 bridgehead atoms. The van der Waals surface area contributed by atoms with Gasteiger partial charge in [0.05, 0.1) is 23.4 Å². The molecule has 1 aromatic heterocycles. The van der Waals surface area contributed by atoms with Crippen molar-refractivity contribution in [1.29, 1.82) is 5.26 Å². The maximum atomic E-state index is 8.91. The van der Waals surface area contributed by atoms with Crippen molar-refractivity contribution in [2.24, 2.45) is 10.7 Å². The Hall–Kier alpha value is -4.15. The first kappa shape index (κ1) is 25.5. The van der Waals surface area contributed by atoms with Gasteiger partial charge in [-0.15, -0.1) is 0 Å². The minimum absolute atomic E-state index is 0.246. The molecule has 0 saturated carbocycles. The van der Waals surface area contributed by atoms with Crippen molar-refractivity contribution in [3.63, 3.8) is 0 Å². The molecule has 0 saturated heterocycles. The predicted molar refractivity (Wildman–Crippen MR) is 146 cm³/mol. The van der Waals surface area contributed by atoms with Crippen LogP contribution in [0.4, 0.5) is 11.5 Å². The monoisotopic (exact) mass is 467 g/mol. The van der Waals surface area contributed by atoms with E-state index in [2.05, 4.69) is 38.9 Å². The van der Waals surface area contributed by atoms with Gasteiger partial charge in [0.1, 0.15) is 5.82 Å². The van der Waals surface area contributed by atoms with Crippen molar-refractivity contribution in [1.82, 2.24) is 10.3 Å². The molecular weight excluding hydrogens is 434 g/mol. The molecule has 7 nitrogen and oxygen atoms in total. The van der Waals surface area contributed by atoms with Crippen molar-refractivity contribution in [3.05, 3.63) is 95.8 Å². The molecule has 2 atom stereocenters. The summed E-state index contributed by atoms with van der Waals surface area (Å²) in [5.41, 5.74) is 10.3. The van der Waals surface area contributed by atoms with E-state index < -0.39 is 0 Å². The van der Waals surface area contributed by atoms with Crippen LogP contribution in [0, 0.1) is 11.3 Å². The van der Waals surface area contributed by atoms with E-state index in [4.69, 9.17) is 11.0 Å². The zero-order valence-corrected chi connectivity index (χ0v) is 20.3. The Kier molecular flexibility index (Phi) is 9.85. The molecule has 2 heterocycles. The first-order valence-corrected chi connectivity index (χ1v) is 11.7. The molecule has 7 heteroatoms. The lowest BCUT2D eigenvalue weighted by Crippen LogP contribution is -2.42. The summed E-state index contributed by atoms with van der Waals surface area (Å²) in [7, 11) is 1.72. The highest BCUT2D eigenvalue weighted by molar-refractivity contribution is 6.09. The molecular formula is C28H33N7. The minimum atomic E-state index is 0.246. The number of aliphatic imine (C=N–C) groups is 1. The molecule has 0 radical (unpaired) electrons. The van der Waals surface area contributed by atoms with Crippen LogP contribution in [0.2, 0.25) is 0 Å². The first-order valence-electron chi connectivity index (χ1n) is 11.7. The minimum Gasteiger partial charge on any atom is -0.404 e. The van der Waals surface area contributed by atoms with E-state index in [0.29, 0.717) is 11.5 Å². The summed E-state index contributed by atoms with van der Waals surface area (Å²) in [5, 5.41) is 19.4. The van der Waals surface area contributed by atoms with E-state index in [-0.39, 0.29) is 6.04 Å². The first-order chi connectivity index (χ1) is 17.1. The molecule has 3 aromatic rings. The van der Waals surface area contributed by atoms with Gasteiger partial charge in [-0.25, -0.2) is 4.98 Å². The lowest BCUT2D eigenvalue weighted by molar-refractivity contribution is 0.572. The fourth-order valence-electron chi connectivity index (χ4n) is 3.69. The zero-order chi connectivity index (χ0) is 24.9. The van der Waals surface area contributed by atoms with Crippen LogP contribution >= 0.6 is 0 Å². The van der Waals surface area contributed by atoms with Gasteiger partial charge >= 0.3 is 0 Å². The standard InChI is InChI=1S/C22H27N7.C6H6/c1-15(17-5-3-16(8-23)4-6-17)10-26-13-20-14-27-21-7-18(12-28-22(21)29-20)19(9-24)11-25-2;1-2-4-6-5-3-1/h3-7,9,11-12,15,20,26-27H,10,13-14,24H2,1-2H3,(H,28,29);1-6H/b19-9+,25-11?;. The third kappa shape index (κ3) is 7.70. The highest BCUT2D eigenvalue weighted by Gasteiger charge is 2.19. The number of fused-ring (bicyclic) bond motifs is 1. The van der Waals surface area contributed by atoms with E-state index in [1.165, 1.54) is 11.8 Å². The van der Waals surface area contributed by atoms with Crippen molar-refractivity contribution in [2.45, 2.75) is 18.9 Å². The number of nitrogens with zero attached hydrogens (tertiary/aromatic N) is 3. The number of pyridine rings is 1. The van der Waals surface area contributed by atoms with E-state index in [1.54, 1.807) is 19.5 Å². The number of nitrogens with two attached hydrogens (primary N) is 1. The van der Waals surface area contributed by atoms with Gasteiger partial charge in [-0.3, -0.25) is 4.99 Å². The van der Waals surface area contributed by atoms with Crippen LogP contribution in [-0.4, -0.2) is 43.9 Å². The lowest BCUT2D eigenvalue weighted by Gasteiger charge is -2.28. The summed E-state index contributed by atoms with van der Waals surface area (Å²) < 4.78 is 0. The van der Waals surface area contributed by atoms with Gasteiger partial charge in [0.15, 0.2) is 0 Å². The summed E-state index contributed by atoms with van der Waals surface area (Å²) in [5.74, 6) is 1.21. The van der Waals surface area contributed by atoms with Crippen molar-refractivity contribution < 1.29 is 0 Å². The van der Waals surface area contributed by atoms with Crippen LogP contribution in [0.5, 0.6) is 0 Å². The van der Waals surface area contributed by atoms with Crippen LogP contribution in [0.15, 0.2) is 84.1 Å². The second-order valence-corrected chi connectivity index (χ2v) is 8.30. The molecule has 0 fully saturated rings. The second kappa shape index (κ2) is 13.5. The van der Waals surface area contributed by atoms with Crippen LogP contribution < -0.4 is 21.7 Å². The Morgan fingerprint density at radius 2 is 1.91 bits per heavy atom. The van der Waals surface area contributed by atoms with Gasteiger partial charge in [0.2, 0.25) is 0 Å². The molecule has 2 aromatic carbocycles. The Bertz CT molecular complexity index is 1120. The van der Waals surface area contributed by atoms with E-state index in [9.17, 15) is 0 Å². The number of hydrogen-bond acceptors (Lipinski definition) is 7. The average molecular weight is 468 g/mol. The Labute approximate surface area is 207 Å². The van der Waals surface area contributed by atoms with Crippen LogP contribution in [0.3, 0.4) is 0 Å². The molecule has 35 heavy (non-hydrogen) atoms. The van der Waals surface area contributed by atoms with Gasteiger partial charge in [-0.1, -0.05) is 55.5 Å².